The van der Waals surface area contributed by atoms with Gasteiger partial charge in [0.2, 0.25) is 0 Å². The number of hydrogen-bond acceptors (Lipinski definition) is 5. The Kier molecular flexibility index (Phi) is 21.9. The topological polar surface area (TPSA) is 158 Å². The Balaban J connectivity index is 0.000000187. The van der Waals surface area contributed by atoms with Gasteiger partial charge in [0, 0.05) is 25.1 Å². The first-order valence-corrected chi connectivity index (χ1v) is 24.2. The minimum absolute atomic E-state index is 0.0536. The number of methoxy groups -OCH3 is 1. The maximum Gasteiger partial charge on any atom is 0.416 e. The van der Waals surface area contributed by atoms with Gasteiger partial charge < -0.3 is 25.2 Å². The van der Waals surface area contributed by atoms with Crippen molar-refractivity contribution in [2.45, 2.75) is 31.9 Å². The van der Waals surface area contributed by atoms with Crippen molar-refractivity contribution in [1.82, 2.24) is 0 Å². The third kappa shape index (κ3) is 18.5. The molecule has 0 heterocycles. The van der Waals surface area contributed by atoms with Gasteiger partial charge in [0.05, 0.1) is 38.4 Å². The van der Waals surface area contributed by atoms with E-state index in [0.717, 1.165) is 51.3 Å². The van der Waals surface area contributed by atoms with Gasteiger partial charge in [-0.2, -0.15) is 13.2 Å². The number of alkyl halides is 3. The molecule has 0 amide bonds. The van der Waals surface area contributed by atoms with Crippen LogP contribution in [0.5, 0.6) is 5.75 Å². The lowest BCUT2D eigenvalue weighted by Gasteiger charge is -2.11. The molecule has 0 aliphatic carbocycles. The molecule has 0 saturated carbocycles. The average Bonchev–Trinajstić information content (AvgIpc) is 3.35. The third-order valence-corrected chi connectivity index (χ3v) is 12.1. The van der Waals surface area contributed by atoms with E-state index >= 15 is 0 Å². The maximum absolute atomic E-state index is 12.9. The van der Waals surface area contributed by atoms with Crippen LogP contribution in [0, 0.1) is 5.82 Å². The summed E-state index contributed by atoms with van der Waals surface area (Å²) in [6.07, 6.45) is -4.88. The van der Waals surface area contributed by atoms with Gasteiger partial charge in [-0.15, -0.1) is 0 Å². The van der Waals surface area contributed by atoms with Crippen molar-refractivity contribution in [2.75, 3.05) is 7.11 Å². The number of ether oxygens (including phenoxy) is 1. The van der Waals surface area contributed by atoms with E-state index in [0.29, 0.717) is 58.5 Å². The molecule has 0 aliphatic rings. The summed E-state index contributed by atoms with van der Waals surface area (Å²) in [6, 6.07) is 45.5. The van der Waals surface area contributed by atoms with Gasteiger partial charge >= 0.3 is 30.1 Å². The number of carboxylic acid groups (broad SMARTS) is 4. The standard InChI is InChI=1S/C15H10ClF3O2.C15H13ClO3.C14H10Cl2O2.C14H10ClFO2/c16-12-5-6-13(10(7-12)8-14(20)21)9-1-3-11(4-2-9)15(17,18)19;1-19-13-5-2-10(3-6-13)14-7-4-12(16)8-11(14)9-15(17)18;15-11-3-1-9(2-4-11)13-6-5-12(16)7-10(13)8-14(17)18;15-11-3-6-13(10(7-11)8-14(17)18)9-1-4-12(16)5-2-9/h1-7H,8H2,(H,20,21);2-8H,9H2,1H3,(H,17,18);2*1-7H,8H2,(H,17,18). The van der Waals surface area contributed by atoms with E-state index in [9.17, 15) is 36.7 Å². The van der Waals surface area contributed by atoms with Crippen LogP contribution in [0.3, 0.4) is 0 Å². The summed E-state index contributed by atoms with van der Waals surface area (Å²) in [5.41, 5.74) is 7.88. The molecule has 0 bridgehead atoms. The summed E-state index contributed by atoms with van der Waals surface area (Å²) >= 11 is 29.3. The summed E-state index contributed by atoms with van der Waals surface area (Å²) in [5, 5.41) is 38.2. The SMILES string of the molecule is COc1ccc(-c2ccc(Cl)cc2CC(=O)O)cc1.O=C(O)Cc1cc(Cl)ccc1-c1ccc(C(F)(F)F)cc1.O=C(O)Cc1cc(Cl)ccc1-c1ccc(Cl)cc1.O=C(O)Cc1cc(Cl)ccc1-c1ccc(F)cc1. The summed E-state index contributed by atoms with van der Waals surface area (Å²) in [6.45, 7) is 0. The van der Waals surface area contributed by atoms with Crippen LogP contribution in [0.15, 0.2) is 170 Å². The van der Waals surface area contributed by atoms with Crippen LogP contribution < -0.4 is 4.74 Å². The molecule has 0 atom stereocenters. The smallest absolute Gasteiger partial charge is 0.416 e. The molecular formula is C58H43Cl5F4O9. The van der Waals surface area contributed by atoms with Gasteiger partial charge in [0.1, 0.15) is 11.6 Å². The molecule has 76 heavy (non-hydrogen) atoms. The van der Waals surface area contributed by atoms with E-state index < -0.39 is 35.6 Å². The number of aliphatic carboxylic acids is 4. The van der Waals surface area contributed by atoms with E-state index in [-0.39, 0.29) is 31.5 Å². The maximum atomic E-state index is 12.9. The minimum atomic E-state index is -4.40. The highest BCUT2D eigenvalue weighted by atomic mass is 35.5. The number of carbonyl (C=O) groups is 4. The van der Waals surface area contributed by atoms with Gasteiger partial charge in [-0.3, -0.25) is 19.2 Å². The molecule has 0 saturated heterocycles. The molecule has 392 valence electrons. The summed E-state index contributed by atoms with van der Waals surface area (Å²) < 4.78 is 55.6. The molecule has 18 heteroatoms. The molecule has 0 radical (unpaired) electrons. The zero-order valence-corrected chi connectivity index (χ0v) is 43.5. The van der Waals surface area contributed by atoms with Crippen molar-refractivity contribution < 1.29 is 61.9 Å². The molecule has 8 aromatic rings. The van der Waals surface area contributed by atoms with Gasteiger partial charge in [-0.1, -0.05) is 131 Å². The van der Waals surface area contributed by atoms with Gasteiger partial charge in [0.15, 0.2) is 0 Å². The predicted octanol–water partition coefficient (Wildman–Crippen LogP) is 16.4. The van der Waals surface area contributed by atoms with Crippen molar-refractivity contribution >= 4 is 81.9 Å². The number of hydrogen-bond donors (Lipinski definition) is 4. The Labute approximate surface area is 459 Å². The molecule has 0 aliphatic heterocycles. The summed E-state index contributed by atoms with van der Waals surface area (Å²) in [5.74, 6) is -3.29. The molecule has 8 aromatic carbocycles. The molecule has 0 fully saturated rings. The number of benzene rings is 8. The van der Waals surface area contributed by atoms with Crippen molar-refractivity contribution in [1.29, 1.82) is 0 Å². The fourth-order valence-electron chi connectivity index (χ4n) is 7.48. The predicted molar refractivity (Wildman–Crippen MR) is 289 cm³/mol. The molecule has 4 N–H and O–H groups in total. The van der Waals surface area contributed by atoms with E-state index in [2.05, 4.69) is 0 Å². The fourth-order valence-corrected chi connectivity index (χ4v) is 8.39. The van der Waals surface area contributed by atoms with Gasteiger partial charge in [0.25, 0.3) is 0 Å². The molecule has 0 spiro atoms. The normalized spacial score (nSPS) is 10.6. The number of halogens is 9. The Morgan fingerprint density at radius 2 is 0.645 bits per heavy atom. The molecule has 0 unspecified atom stereocenters. The van der Waals surface area contributed by atoms with Crippen LogP contribution in [0.4, 0.5) is 17.6 Å². The van der Waals surface area contributed by atoms with Crippen LogP contribution in [0.25, 0.3) is 44.5 Å². The van der Waals surface area contributed by atoms with Gasteiger partial charge in [-0.25, -0.2) is 4.39 Å². The lowest BCUT2D eigenvalue weighted by molar-refractivity contribution is -0.138. The highest BCUT2D eigenvalue weighted by Crippen LogP contribution is 2.34. The average molecular weight is 1140 g/mol. The third-order valence-electron chi connectivity index (χ3n) is 10.9. The van der Waals surface area contributed by atoms with E-state index in [1.165, 1.54) is 30.3 Å². The van der Waals surface area contributed by atoms with Crippen LogP contribution in [-0.2, 0) is 51.0 Å². The summed E-state index contributed by atoms with van der Waals surface area (Å²) in [7, 11) is 1.60. The number of rotatable bonds is 13. The van der Waals surface area contributed by atoms with Crippen LogP contribution in [0.2, 0.25) is 25.1 Å². The second-order valence-electron chi connectivity index (χ2n) is 16.3. The highest BCUT2D eigenvalue weighted by molar-refractivity contribution is 6.32. The van der Waals surface area contributed by atoms with E-state index in [1.54, 1.807) is 86.0 Å². The Hall–Kier alpha value is -7.39. The van der Waals surface area contributed by atoms with Crippen LogP contribution >= 0.6 is 58.0 Å². The zero-order chi connectivity index (χ0) is 55.7. The largest absolute Gasteiger partial charge is 0.497 e. The van der Waals surface area contributed by atoms with Crippen molar-refractivity contribution in [2.24, 2.45) is 0 Å². The first-order chi connectivity index (χ1) is 36.0. The minimum Gasteiger partial charge on any atom is -0.497 e. The van der Waals surface area contributed by atoms with Crippen molar-refractivity contribution in [3.63, 3.8) is 0 Å². The van der Waals surface area contributed by atoms with Gasteiger partial charge in [-0.05, 0) is 164 Å². The van der Waals surface area contributed by atoms with Crippen molar-refractivity contribution in [3.8, 4) is 50.3 Å². The monoisotopic (exact) mass is 1130 g/mol. The molecule has 8 rings (SSSR count). The highest BCUT2D eigenvalue weighted by Gasteiger charge is 2.30. The van der Waals surface area contributed by atoms with Crippen molar-refractivity contribution in [3.05, 3.63) is 229 Å². The Bertz CT molecular complexity index is 3190. The molecular weight excluding hydrogens is 1090 g/mol. The Morgan fingerprint density at radius 3 is 0.908 bits per heavy atom. The molecule has 0 aromatic heterocycles. The number of carboxylic acids is 4. The first kappa shape index (κ1) is 59.5. The van der Waals surface area contributed by atoms with E-state index in [1.807, 2.05) is 48.5 Å². The second-order valence-corrected chi connectivity index (χ2v) is 18.5. The fraction of sp³-hybridized carbons (Fsp3) is 0.103. The van der Waals surface area contributed by atoms with E-state index in [4.69, 9.17) is 83.2 Å². The Morgan fingerprint density at radius 1 is 0.395 bits per heavy atom. The van der Waals surface area contributed by atoms with Crippen LogP contribution in [0.1, 0.15) is 27.8 Å². The quantitative estimate of drug-likeness (QED) is 0.0825. The lowest BCUT2D eigenvalue weighted by atomic mass is 9.97. The lowest BCUT2D eigenvalue weighted by Crippen LogP contribution is -2.04. The first-order valence-electron chi connectivity index (χ1n) is 22.3. The summed E-state index contributed by atoms with van der Waals surface area (Å²) in [4.78, 5) is 43.4. The zero-order valence-electron chi connectivity index (χ0n) is 39.7. The molecule has 9 nitrogen and oxygen atoms in total. The second kappa shape index (κ2) is 27.9. The van der Waals surface area contributed by atoms with Crippen LogP contribution in [-0.4, -0.2) is 51.4 Å².